The third-order valence-corrected chi connectivity index (χ3v) is 7.28. The number of hydrogen-bond acceptors (Lipinski definition) is 4. The zero-order valence-corrected chi connectivity index (χ0v) is 17.4. The molecule has 0 bridgehead atoms. The van der Waals surface area contributed by atoms with Crippen molar-refractivity contribution in [2.45, 2.75) is 49.4 Å². The molecule has 0 aromatic heterocycles. The lowest BCUT2D eigenvalue weighted by atomic mass is 10.2. The van der Waals surface area contributed by atoms with Crippen LogP contribution in [0.25, 0.3) is 0 Å². The number of aryl methyl sites for hydroxylation is 2. The molecule has 0 spiro atoms. The first-order chi connectivity index (χ1) is 12.6. The number of nitrogens with one attached hydrogen (secondary N) is 2. The van der Waals surface area contributed by atoms with Gasteiger partial charge in [-0.05, 0) is 51.0 Å². The summed E-state index contributed by atoms with van der Waals surface area (Å²) < 4.78 is 54.7. The molecule has 0 saturated carbocycles. The summed E-state index contributed by atoms with van der Waals surface area (Å²) in [5.41, 5.74) is 1.96. The van der Waals surface area contributed by atoms with Crippen molar-refractivity contribution < 1.29 is 16.8 Å². The zero-order valence-electron chi connectivity index (χ0n) is 15.8. The zero-order chi connectivity index (χ0) is 20.1. The highest BCUT2D eigenvalue weighted by molar-refractivity contribution is 7.89. The average molecular weight is 411 g/mol. The fraction of sp³-hybridized carbons (Fsp3) is 0.368. The SMILES string of the molecule is CC[C@H](CCNS(=O)(=O)c1ccc(C)cc1)NS(=O)(=O)c1ccc(C)cc1. The van der Waals surface area contributed by atoms with E-state index in [0.29, 0.717) is 12.8 Å². The monoisotopic (exact) mass is 410 g/mol. The molecule has 2 aromatic rings. The Kier molecular flexibility index (Phi) is 7.16. The highest BCUT2D eigenvalue weighted by Crippen LogP contribution is 2.13. The van der Waals surface area contributed by atoms with E-state index >= 15 is 0 Å². The Morgan fingerprint density at radius 3 is 1.67 bits per heavy atom. The number of hydrogen-bond donors (Lipinski definition) is 2. The van der Waals surface area contributed by atoms with Gasteiger partial charge in [-0.3, -0.25) is 0 Å². The fourth-order valence-electron chi connectivity index (χ4n) is 2.52. The smallest absolute Gasteiger partial charge is 0.211 e. The predicted octanol–water partition coefficient (Wildman–Crippen LogP) is 2.73. The number of rotatable bonds is 9. The maximum absolute atomic E-state index is 12.5. The van der Waals surface area contributed by atoms with Crippen molar-refractivity contribution in [1.29, 1.82) is 0 Å². The van der Waals surface area contributed by atoms with Crippen LogP contribution in [0, 0.1) is 13.8 Å². The van der Waals surface area contributed by atoms with Crippen LogP contribution in [0.1, 0.15) is 30.9 Å². The van der Waals surface area contributed by atoms with Crippen LogP contribution in [-0.4, -0.2) is 29.4 Å². The van der Waals surface area contributed by atoms with Gasteiger partial charge in [0.1, 0.15) is 0 Å². The van der Waals surface area contributed by atoms with Gasteiger partial charge in [-0.15, -0.1) is 0 Å². The molecular formula is C19H26N2O4S2. The van der Waals surface area contributed by atoms with E-state index in [1.165, 1.54) is 0 Å². The predicted molar refractivity (Wildman–Crippen MR) is 107 cm³/mol. The first-order valence-electron chi connectivity index (χ1n) is 8.79. The highest BCUT2D eigenvalue weighted by atomic mass is 32.2. The quantitative estimate of drug-likeness (QED) is 0.665. The molecule has 0 unspecified atom stereocenters. The summed E-state index contributed by atoms with van der Waals surface area (Å²) in [6.07, 6.45) is 0.907. The van der Waals surface area contributed by atoms with Gasteiger partial charge in [0.05, 0.1) is 9.79 Å². The molecule has 0 amide bonds. The van der Waals surface area contributed by atoms with Gasteiger partial charge in [0.2, 0.25) is 20.0 Å². The first kappa shape index (κ1) is 21.6. The second-order valence-corrected chi connectivity index (χ2v) is 10.0. The van der Waals surface area contributed by atoms with Crippen molar-refractivity contribution in [2.24, 2.45) is 0 Å². The molecule has 1 atom stereocenters. The Balaban J connectivity index is 1.97. The molecule has 2 aromatic carbocycles. The lowest BCUT2D eigenvalue weighted by Gasteiger charge is -2.17. The molecule has 0 heterocycles. The van der Waals surface area contributed by atoms with Crippen LogP contribution < -0.4 is 9.44 Å². The Morgan fingerprint density at radius 2 is 1.22 bits per heavy atom. The first-order valence-corrected chi connectivity index (χ1v) is 11.8. The summed E-state index contributed by atoms with van der Waals surface area (Å²) >= 11 is 0. The van der Waals surface area contributed by atoms with E-state index in [-0.39, 0.29) is 22.4 Å². The van der Waals surface area contributed by atoms with Crippen molar-refractivity contribution in [1.82, 2.24) is 9.44 Å². The molecular weight excluding hydrogens is 384 g/mol. The minimum Gasteiger partial charge on any atom is -0.211 e. The molecule has 0 aliphatic heterocycles. The van der Waals surface area contributed by atoms with Crippen LogP contribution >= 0.6 is 0 Å². The van der Waals surface area contributed by atoms with Crippen molar-refractivity contribution in [3.63, 3.8) is 0 Å². The molecule has 0 aliphatic carbocycles. The molecule has 148 valence electrons. The molecule has 6 nitrogen and oxygen atoms in total. The standard InChI is InChI=1S/C19H26N2O4S2/c1-4-17(21-27(24,25)19-11-7-16(3)8-12-19)13-14-20-26(22,23)18-9-5-15(2)6-10-18/h5-12,17,20-21H,4,13-14H2,1-3H3/t17-/m1/s1. The third-order valence-electron chi connectivity index (χ3n) is 4.26. The second-order valence-electron chi connectivity index (χ2n) is 6.54. The summed E-state index contributed by atoms with van der Waals surface area (Å²) in [5, 5.41) is 0. The molecule has 2 rings (SSSR count). The van der Waals surface area contributed by atoms with Gasteiger partial charge in [0, 0.05) is 12.6 Å². The maximum atomic E-state index is 12.5. The van der Waals surface area contributed by atoms with E-state index in [2.05, 4.69) is 9.44 Å². The average Bonchev–Trinajstić information content (AvgIpc) is 2.61. The van der Waals surface area contributed by atoms with E-state index in [1.54, 1.807) is 48.5 Å². The number of benzene rings is 2. The molecule has 0 aliphatic rings. The lowest BCUT2D eigenvalue weighted by Crippen LogP contribution is -2.37. The summed E-state index contributed by atoms with van der Waals surface area (Å²) in [7, 11) is -7.25. The van der Waals surface area contributed by atoms with Crippen LogP contribution in [0.5, 0.6) is 0 Å². The summed E-state index contributed by atoms with van der Waals surface area (Å²) in [4.78, 5) is 0.396. The number of sulfonamides is 2. The van der Waals surface area contributed by atoms with Crippen molar-refractivity contribution >= 4 is 20.0 Å². The van der Waals surface area contributed by atoms with E-state index in [0.717, 1.165) is 11.1 Å². The largest absolute Gasteiger partial charge is 0.240 e. The van der Waals surface area contributed by atoms with Crippen molar-refractivity contribution in [3.8, 4) is 0 Å². The fourth-order valence-corrected chi connectivity index (χ4v) is 4.92. The highest BCUT2D eigenvalue weighted by Gasteiger charge is 2.20. The van der Waals surface area contributed by atoms with Gasteiger partial charge in [-0.2, -0.15) is 0 Å². The molecule has 0 saturated heterocycles. The Morgan fingerprint density at radius 1 is 0.778 bits per heavy atom. The van der Waals surface area contributed by atoms with E-state index in [4.69, 9.17) is 0 Å². The normalized spacial score (nSPS) is 13.4. The summed E-state index contributed by atoms with van der Waals surface area (Å²) in [5.74, 6) is 0. The van der Waals surface area contributed by atoms with E-state index < -0.39 is 20.0 Å². The van der Waals surface area contributed by atoms with Crippen LogP contribution in [0.3, 0.4) is 0 Å². The van der Waals surface area contributed by atoms with Crippen LogP contribution in [0.2, 0.25) is 0 Å². The third kappa shape index (κ3) is 6.14. The van der Waals surface area contributed by atoms with E-state index in [9.17, 15) is 16.8 Å². The summed E-state index contributed by atoms with van der Waals surface area (Å²) in [6, 6.07) is 12.8. The van der Waals surface area contributed by atoms with Gasteiger partial charge < -0.3 is 0 Å². The molecule has 8 heteroatoms. The van der Waals surface area contributed by atoms with E-state index in [1.807, 2.05) is 20.8 Å². The Hall–Kier alpha value is -1.74. The van der Waals surface area contributed by atoms with Gasteiger partial charge in [-0.1, -0.05) is 42.3 Å². The molecule has 0 fully saturated rings. The molecule has 27 heavy (non-hydrogen) atoms. The molecule has 0 radical (unpaired) electrons. The van der Waals surface area contributed by atoms with Gasteiger partial charge >= 0.3 is 0 Å². The summed E-state index contributed by atoms with van der Waals surface area (Å²) in [6.45, 7) is 5.77. The van der Waals surface area contributed by atoms with Crippen LogP contribution in [0.15, 0.2) is 58.3 Å². The van der Waals surface area contributed by atoms with Crippen LogP contribution in [-0.2, 0) is 20.0 Å². The van der Waals surface area contributed by atoms with Crippen molar-refractivity contribution in [2.75, 3.05) is 6.54 Å². The Labute approximate surface area is 162 Å². The van der Waals surface area contributed by atoms with Gasteiger partial charge in [0.25, 0.3) is 0 Å². The second kappa shape index (κ2) is 8.97. The van der Waals surface area contributed by atoms with Gasteiger partial charge in [-0.25, -0.2) is 26.3 Å². The lowest BCUT2D eigenvalue weighted by molar-refractivity contribution is 0.511. The maximum Gasteiger partial charge on any atom is 0.240 e. The van der Waals surface area contributed by atoms with Gasteiger partial charge in [0.15, 0.2) is 0 Å². The minimum absolute atomic E-state index is 0.144. The minimum atomic E-state index is -3.64. The van der Waals surface area contributed by atoms with Crippen LogP contribution in [0.4, 0.5) is 0 Å². The van der Waals surface area contributed by atoms with Crippen molar-refractivity contribution in [3.05, 3.63) is 59.7 Å². The molecule has 2 N–H and O–H groups in total. The topological polar surface area (TPSA) is 92.3 Å². The Bertz CT molecular complexity index is 952.